The quantitative estimate of drug-likeness (QED) is 0.867. The lowest BCUT2D eigenvalue weighted by atomic mass is 10.1. The van der Waals surface area contributed by atoms with Crippen LogP contribution in [-0.2, 0) is 6.54 Å². The molecule has 1 aliphatic rings. The summed E-state index contributed by atoms with van der Waals surface area (Å²) in [5.74, 6) is 1.84. The van der Waals surface area contributed by atoms with Crippen LogP contribution in [0.15, 0.2) is 22.7 Å². The molecule has 6 nitrogen and oxygen atoms in total. The minimum absolute atomic E-state index is 0.195. The van der Waals surface area contributed by atoms with Crippen molar-refractivity contribution in [3.8, 4) is 11.5 Å². The van der Waals surface area contributed by atoms with Crippen molar-refractivity contribution in [3.05, 3.63) is 40.8 Å². The molecule has 0 atom stereocenters. The molecule has 0 aliphatic heterocycles. The van der Waals surface area contributed by atoms with Gasteiger partial charge in [-0.1, -0.05) is 5.16 Å². The van der Waals surface area contributed by atoms with Gasteiger partial charge in [0.15, 0.2) is 0 Å². The molecule has 25 heavy (non-hydrogen) atoms. The van der Waals surface area contributed by atoms with Crippen molar-refractivity contribution in [2.45, 2.75) is 52.2 Å². The summed E-state index contributed by atoms with van der Waals surface area (Å²) in [6.45, 7) is 3.86. The number of methoxy groups -OCH3 is 1. The average Bonchev–Trinajstić information content (AvgIpc) is 3.23. The van der Waals surface area contributed by atoms with Gasteiger partial charge in [0.25, 0.3) is 5.91 Å². The molecule has 134 valence electrons. The summed E-state index contributed by atoms with van der Waals surface area (Å²) in [4.78, 5) is 12.4. The zero-order valence-corrected chi connectivity index (χ0v) is 14.9. The second-order valence-electron chi connectivity index (χ2n) is 6.38. The van der Waals surface area contributed by atoms with E-state index in [4.69, 9.17) is 14.0 Å². The number of hydrogen-bond donors (Lipinski definition) is 1. The van der Waals surface area contributed by atoms with Crippen LogP contribution in [0.25, 0.3) is 0 Å². The van der Waals surface area contributed by atoms with Crippen molar-refractivity contribution >= 4 is 5.91 Å². The van der Waals surface area contributed by atoms with Gasteiger partial charge in [-0.25, -0.2) is 0 Å². The first-order chi connectivity index (χ1) is 12.1. The summed E-state index contributed by atoms with van der Waals surface area (Å²) in [6.07, 6.45) is 4.79. The predicted molar refractivity (Wildman–Crippen MR) is 93.0 cm³/mol. The molecule has 3 rings (SSSR count). The molecular weight excluding hydrogens is 320 g/mol. The molecule has 0 spiro atoms. The van der Waals surface area contributed by atoms with Gasteiger partial charge < -0.3 is 19.3 Å². The van der Waals surface area contributed by atoms with Crippen LogP contribution in [0.5, 0.6) is 11.5 Å². The molecule has 0 unspecified atom stereocenters. The number of amides is 1. The number of nitrogens with one attached hydrogen (secondary N) is 1. The van der Waals surface area contributed by atoms with Gasteiger partial charge in [-0.2, -0.15) is 0 Å². The first kappa shape index (κ1) is 17.3. The normalized spacial score (nSPS) is 14.5. The summed E-state index contributed by atoms with van der Waals surface area (Å²) >= 11 is 0. The van der Waals surface area contributed by atoms with Gasteiger partial charge >= 0.3 is 0 Å². The zero-order valence-electron chi connectivity index (χ0n) is 14.9. The smallest absolute Gasteiger partial charge is 0.257 e. The molecule has 0 radical (unpaired) electrons. The maximum atomic E-state index is 12.4. The summed E-state index contributed by atoms with van der Waals surface area (Å²) in [6, 6.07) is 5.69. The number of ether oxygens (including phenoxy) is 2. The van der Waals surface area contributed by atoms with E-state index >= 15 is 0 Å². The molecule has 1 aromatic heterocycles. The third-order valence-corrected chi connectivity index (χ3v) is 4.57. The van der Waals surface area contributed by atoms with E-state index in [1.807, 2.05) is 18.2 Å². The monoisotopic (exact) mass is 344 g/mol. The summed E-state index contributed by atoms with van der Waals surface area (Å²) in [5.41, 5.74) is 2.01. The van der Waals surface area contributed by atoms with E-state index in [0.29, 0.717) is 23.6 Å². The highest BCUT2D eigenvalue weighted by atomic mass is 16.5. The Morgan fingerprint density at radius 1 is 1.32 bits per heavy atom. The number of aryl methyl sites for hydroxylation is 2. The number of benzene rings is 1. The Morgan fingerprint density at radius 3 is 2.72 bits per heavy atom. The highest BCUT2D eigenvalue weighted by Crippen LogP contribution is 2.30. The molecular formula is C19H24N2O4. The number of carbonyl (C=O) groups is 1. The van der Waals surface area contributed by atoms with E-state index < -0.39 is 0 Å². The van der Waals surface area contributed by atoms with Crippen molar-refractivity contribution in [3.63, 3.8) is 0 Å². The number of hydrogen-bond acceptors (Lipinski definition) is 5. The van der Waals surface area contributed by atoms with E-state index in [9.17, 15) is 4.79 Å². The lowest BCUT2D eigenvalue weighted by Crippen LogP contribution is -2.24. The van der Waals surface area contributed by atoms with Crippen LogP contribution in [0.4, 0.5) is 0 Å². The highest BCUT2D eigenvalue weighted by molar-refractivity contribution is 5.96. The van der Waals surface area contributed by atoms with Gasteiger partial charge in [-0.3, -0.25) is 4.79 Å². The van der Waals surface area contributed by atoms with Gasteiger partial charge in [-0.15, -0.1) is 0 Å². The SMILES string of the molecule is COc1ccc(CNC(=O)c2c(C)noc2C)c(OC2CCCC2)c1. The van der Waals surface area contributed by atoms with E-state index in [2.05, 4.69) is 10.5 Å². The Kier molecular flexibility index (Phi) is 5.26. The van der Waals surface area contributed by atoms with Crippen LogP contribution in [0.1, 0.15) is 53.1 Å². The molecule has 6 heteroatoms. The van der Waals surface area contributed by atoms with E-state index in [1.165, 1.54) is 12.8 Å². The van der Waals surface area contributed by atoms with Gasteiger partial charge in [0.1, 0.15) is 22.8 Å². The van der Waals surface area contributed by atoms with Crippen LogP contribution in [-0.4, -0.2) is 24.3 Å². The van der Waals surface area contributed by atoms with Gasteiger partial charge in [0.05, 0.1) is 18.9 Å². The molecule has 1 aromatic carbocycles. The Hall–Kier alpha value is -2.50. The van der Waals surface area contributed by atoms with Gasteiger partial charge in [0, 0.05) is 18.2 Å². The third kappa shape index (κ3) is 3.95. The fourth-order valence-electron chi connectivity index (χ4n) is 3.17. The van der Waals surface area contributed by atoms with Crippen LogP contribution >= 0.6 is 0 Å². The second kappa shape index (κ2) is 7.59. The molecule has 1 N–H and O–H groups in total. The van der Waals surface area contributed by atoms with Crippen LogP contribution in [0.2, 0.25) is 0 Å². The Labute approximate surface area is 147 Å². The van der Waals surface area contributed by atoms with Crippen LogP contribution in [0.3, 0.4) is 0 Å². The first-order valence-electron chi connectivity index (χ1n) is 8.63. The molecule has 1 fully saturated rings. The Bertz CT molecular complexity index is 728. The third-order valence-electron chi connectivity index (χ3n) is 4.57. The van der Waals surface area contributed by atoms with Crippen molar-refractivity contribution < 1.29 is 18.8 Å². The second-order valence-corrected chi connectivity index (χ2v) is 6.38. The molecule has 0 saturated heterocycles. The van der Waals surface area contributed by atoms with Crippen molar-refractivity contribution in [1.82, 2.24) is 10.5 Å². The van der Waals surface area contributed by atoms with E-state index in [0.717, 1.165) is 29.9 Å². The topological polar surface area (TPSA) is 73.6 Å². The summed E-state index contributed by atoms with van der Waals surface area (Å²) in [7, 11) is 1.63. The minimum atomic E-state index is -0.195. The van der Waals surface area contributed by atoms with Crippen molar-refractivity contribution in [1.29, 1.82) is 0 Å². The average molecular weight is 344 g/mol. The maximum Gasteiger partial charge on any atom is 0.257 e. The molecule has 0 bridgehead atoms. The molecule has 1 amide bonds. The van der Waals surface area contributed by atoms with Crippen LogP contribution < -0.4 is 14.8 Å². The Morgan fingerprint density at radius 2 is 2.08 bits per heavy atom. The predicted octanol–water partition coefficient (Wildman–Crippen LogP) is 3.55. The molecule has 1 aliphatic carbocycles. The Balaban J connectivity index is 1.73. The maximum absolute atomic E-state index is 12.4. The van der Waals surface area contributed by atoms with Crippen molar-refractivity contribution in [2.24, 2.45) is 0 Å². The number of carbonyl (C=O) groups excluding carboxylic acids is 1. The largest absolute Gasteiger partial charge is 0.497 e. The molecule has 2 aromatic rings. The van der Waals surface area contributed by atoms with Gasteiger partial charge in [0.2, 0.25) is 0 Å². The lowest BCUT2D eigenvalue weighted by Gasteiger charge is -2.18. The standard InChI is InChI=1S/C19H24N2O4/c1-12-18(13(2)25-21-12)19(22)20-11-14-8-9-16(23-3)10-17(14)24-15-6-4-5-7-15/h8-10,15H,4-7,11H2,1-3H3,(H,20,22). The van der Waals surface area contributed by atoms with Crippen molar-refractivity contribution in [2.75, 3.05) is 7.11 Å². The van der Waals surface area contributed by atoms with Gasteiger partial charge in [-0.05, 0) is 51.7 Å². The minimum Gasteiger partial charge on any atom is -0.497 e. The number of nitrogens with zero attached hydrogens (tertiary/aromatic N) is 1. The zero-order chi connectivity index (χ0) is 17.8. The number of aromatic nitrogens is 1. The van der Waals surface area contributed by atoms with E-state index in [1.54, 1.807) is 21.0 Å². The molecule has 1 saturated carbocycles. The summed E-state index contributed by atoms with van der Waals surface area (Å²) < 4.78 is 16.5. The number of rotatable bonds is 6. The fraction of sp³-hybridized carbons (Fsp3) is 0.474. The van der Waals surface area contributed by atoms with Crippen LogP contribution in [0, 0.1) is 13.8 Å². The lowest BCUT2D eigenvalue weighted by molar-refractivity contribution is 0.0948. The summed E-state index contributed by atoms with van der Waals surface area (Å²) in [5, 5.41) is 6.75. The molecule has 1 heterocycles. The highest BCUT2D eigenvalue weighted by Gasteiger charge is 2.20. The van der Waals surface area contributed by atoms with E-state index in [-0.39, 0.29) is 12.0 Å². The first-order valence-corrected chi connectivity index (χ1v) is 8.63. The fourth-order valence-corrected chi connectivity index (χ4v) is 3.17.